The Morgan fingerprint density at radius 3 is 2.57 bits per heavy atom. The fraction of sp³-hybridized carbons (Fsp3) is 0.333. The van der Waals surface area contributed by atoms with Crippen LogP contribution >= 0.6 is 11.6 Å². The monoisotopic (exact) mass is 216 g/mol. The highest BCUT2D eigenvalue weighted by atomic mass is 35.5. The fourth-order valence-electron chi connectivity index (χ4n) is 1.13. The lowest BCUT2D eigenvalue weighted by molar-refractivity contribution is -0.117. The molecule has 76 valence electrons. The molecule has 5 heteroatoms. The van der Waals surface area contributed by atoms with E-state index >= 15 is 0 Å². The maximum Gasteiger partial charge on any atom is 0.225 e. The molecule has 0 aromatic rings. The van der Waals surface area contributed by atoms with Gasteiger partial charge in [-0.05, 0) is 13.0 Å². The van der Waals surface area contributed by atoms with E-state index in [1.54, 1.807) is 0 Å². The normalized spacial score (nSPS) is 19.8. The van der Waals surface area contributed by atoms with Gasteiger partial charge in [-0.25, -0.2) is 0 Å². The Morgan fingerprint density at radius 2 is 2.07 bits per heavy atom. The van der Waals surface area contributed by atoms with Crippen LogP contribution in [0, 0.1) is 0 Å². The lowest BCUT2D eigenvalue weighted by Gasteiger charge is -2.12. The van der Waals surface area contributed by atoms with Crippen LogP contribution < -0.4 is 0 Å². The Bertz CT molecular complexity index is 352. The second kappa shape index (κ2) is 3.94. The van der Waals surface area contributed by atoms with E-state index in [1.807, 2.05) is 0 Å². The van der Waals surface area contributed by atoms with Crippen LogP contribution in [-0.4, -0.2) is 27.9 Å². The number of aliphatic hydroxyl groups excluding tert-OH is 2. The SMILES string of the molecule is C[C@@H](O)CC1=CC(=O)C(Cl)=C(O)C1=O. The Labute approximate surface area is 85.5 Å². The third-order valence-electron chi connectivity index (χ3n) is 1.75. The van der Waals surface area contributed by atoms with Crippen molar-refractivity contribution in [2.24, 2.45) is 0 Å². The zero-order chi connectivity index (χ0) is 10.9. The Hall–Kier alpha value is -1.13. The molecule has 2 N–H and O–H groups in total. The largest absolute Gasteiger partial charge is 0.503 e. The molecule has 0 aromatic carbocycles. The Kier molecular flexibility index (Phi) is 3.08. The number of rotatable bonds is 2. The van der Waals surface area contributed by atoms with Crippen molar-refractivity contribution in [1.82, 2.24) is 0 Å². The predicted molar refractivity (Wildman–Crippen MR) is 49.9 cm³/mol. The number of allylic oxidation sites excluding steroid dienone is 3. The molecule has 1 rings (SSSR count). The van der Waals surface area contributed by atoms with Gasteiger partial charge in [0.2, 0.25) is 11.6 Å². The van der Waals surface area contributed by atoms with Crippen LogP contribution in [0.5, 0.6) is 0 Å². The van der Waals surface area contributed by atoms with Gasteiger partial charge < -0.3 is 10.2 Å². The van der Waals surface area contributed by atoms with Gasteiger partial charge in [0.25, 0.3) is 0 Å². The average Bonchev–Trinajstić information content (AvgIpc) is 2.10. The number of ketones is 2. The summed E-state index contributed by atoms with van der Waals surface area (Å²) in [5.74, 6) is -2.05. The second-order valence-electron chi connectivity index (χ2n) is 3.08. The topological polar surface area (TPSA) is 74.6 Å². The first-order valence-electron chi connectivity index (χ1n) is 4.00. The predicted octanol–water partition coefficient (Wildman–Crippen LogP) is 0.844. The number of carbonyl (C=O) groups excluding carboxylic acids is 2. The van der Waals surface area contributed by atoms with E-state index < -0.39 is 28.5 Å². The van der Waals surface area contributed by atoms with E-state index in [-0.39, 0.29) is 12.0 Å². The molecule has 0 unspecified atom stereocenters. The minimum Gasteiger partial charge on any atom is -0.503 e. The lowest BCUT2D eigenvalue weighted by atomic mass is 9.97. The number of aliphatic hydroxyl groups is 2. The molecular formula is C9H9ClO4. The summed E-state index contributed by atoms with van der Waals surface area (Å²) in [6.45, 7) is 1.48. The summed E-state index contributed by atoms with van der Waals surface area (Å²) >= 11 is 5.37. The zero-order valence-corrected chi connectivity index (χ0v) is 8.21. The third kappa shape index (κ3) is 2.02. The molecule has 1 atom stereocenters. The van der Waals surface area contributed by atoms with Crippen molar-refractivity contribution in [2.75, 3.05) is 0 Å². The lowest BCUT2D eigenvalue weighted by Crippen LogP contribution is -2.19. The van der Waals surface area contributed by atoms with E-state index in [0.29, 0.717) is 0 Å². The number of Topliss-reactive ketones (excluding diaryl/α,β-unsaturated/α-hetero) is 1. The summed E-state index contributed by atoms with van der Waals surface area (Å²) in [4.78, 5) is 22.4. The van der Waals surface area contributed by atoms with Crippen LogP contribution in [0.4, 0.5) is 0 Å². The van der Waals surface area contributed by atoms with E-state index in [4.69, 9.17) is 21.8 Å². The standard InChI is InChI=1S/C9H9ClO4/c1-4(11)2-5-3-6(12)7(10)9(14)8(5)13/h3-4,11,14H,2H2,1H3/t4-/m1/s1. The summed E-state index contributed by atoms with van der Waals surface area (Å²) in [5.41, 5.74) is 0.0758. The first-order chi connectivity index (χ1) is 6.43. The summed E-state index contributed by atoms with van der Waals surface area (Å²) in [7, 11) is 0. The highest BCUT2D eigenvalue weighted by Crippen LogP contribution is 2.22. The quantitative estimate of drug-likeness (QED) is 0.671. The molecule has 0 fully saturated rings. The molecule has 0 aromatic heterocycles. The minimum absolute atomic E-state index is 0.0266. The van der Waals surface area contributed by atoms with Crippen LogP contribution in [-0.2, 0) is 9.59 Å². The number of hydrogen-bond acceptors (Lipinski definition) is 4. The highest BCUT2D eigenvalue weighted by Gasteiger charge is 2.27. The van der Waals surface area contributed by atoms with Gasteiger partial charge in [0.15, 0.2) is 5.76 Å². The van der Waals surface area contributed by atoms with E-state index in [0.717, 1.165) is 6.08 Å². The maximum absolute atomic E-state index is 11.3. The van der Waals surface area contributed by atoms with Crippen molar-refractivity contribution in [3.05, 3.63) is 22.4 Å². The average molecular weight is 217 g/mol. The van der Waals surface area contributed by atoms with E-state index in [1.165, 1.54) is 6.92 Å². The van der Waals surface area contributed by atoms with Gasteiger partial charge in [-0.2, -0.15) is 0 Å². The third-order valence-corrected chi connectivity index (χ3v) is 2.12. The van der Waals surface area contributed by atoms with Crippen LogP contribution in [0.2, 0.25) is 0 Å². The smallest absolute Gasteiger partial charge is 0.225 e. The molecule has 4 nitrogen and oxygen atoms in total. The van der Waals surface area contributed by atoms with Gasteiger partial charge >= 0.3 is 0 Å². The molecule has 0 aliphatic heterocycles. The molecule has 0 spiro atoms. The highest BCUT2D eigenvalue weighted by molar-refractivity contribution is 6.48. The van der Waals surface area contributed by atoms with E-state index in [9.17, 15) is 9.59 Å². The van der Waals surface area contributed by atoms with Crippen molar-refractivity contribution < 1.29 is 19.8 Å². The van der Waals surface area contributed by atoms with Crippen molar-refractivity contribution in [3.63, 3.8) is 0 Å². The van der Waals surface area contributed by atoms with Gasteiger partial charge in [0.1, 0.15) is 5.03 Å². The van der Waals surface area contributed by atoms with Crippen LogP contribution in [0.25, 0.3) is 0 Å². The molecule has 0 bridgehead atoms. The number of hydrogen-bond donors (Lipinski definition) is 2. The van der Waals surface area contributed by atoms with Gasteiger partial charge in [-0.15, -0.1) is 0 Å². The Morgan fingerprint density at radius 1 is 1.50 bits per heavy atom. The summed E-state index contributed by atoms with van der Waals surface area (Å²) in [5, 5.41) is 17.7. The zero-order valence-electron chi connectivity index (χ0n) is 7.45. The fourth-order valence-corrected chi connectivity index (χ4v) is 1.27. The van der Waals surface area contributed by atoms with Gasteiger partial charge in [-0.3, -0.25) is 9.59 Å². The number of halogens is 1. The molecule has 1 aliphatic rings. The van der Waals surface area contributed by atoms with Crippen molar-refractivity contribution in [2.45, 2.75) is 19.4 Å². The molecule has 0 saturated heterocycles. The van der Waals surface area contributed by atoms with Crippen molar-refractivity contribution in [1.29, 1.82) is 0 Å². The molecule has 0 radical (unpaired) electrons. The maximum atomic E-state index is 11.3. The molecular weight excluding hydrogens is 208 g/mol. The Balaban J connectivity index is 2.98. The van der Waals surface area contributed by atoms with Crippen LogP contribution in [0.1, 0.15) is 13.3 Å². The molecule has 0 saturated carbocycles. The first kappa shape index (κ1) is 10.9. The first-order valence-corrected chi connectivity index (χ1v) is 4.37. The number of carbonyl (C=O) groups is 2. The molecule has 0 heterocycles. The van der Waals surface area contributed by atoms with Gasteiger partial charge in [0.05, 0.1) is 6.10 Å². The summed E-state index contributed by atoms with van der Waals surface area (Å²) < 4.78 is 0. The van der Waals surface area contributed by atoms with Crippen LogP contribution in [0.3, 0.4) is 0 Å². The van der Waals surface area contributed by atoms with Gasteiger partial charge in [0, 0.05) is 12.0 Å². The molecule has 14 heavy (non-hydrogen) atoms. The van der Waals surface area contributed by atoms with Gasteiger partial charge in [-0.1, -0.05) is 11.6 Å². The summed E-state index contributed by atoms with van der Waals surface area (Å²) in [6, 6.07) is 0. The molecule has 1 aliphatic carbocycles. The second-order valence-corrected chi connectivity index (χ2v) is 3.46. The minimum atomic E-state index is -0.748. The molecule has 0 amide bonds. The van der Waals surface area contributed by atoms with Crippen LogP contribution in [0.15, 0.2) is 22.4 Å². The van der Waals surface area contributed by atoms with Crippen molar-refractivity contribution >= 4 is 23.2 Å². The summed E-state index contributed by atoms with van der Waals surface area (Å²) in [6.07, 6.45) is 0.318. The van der Waals surface area contributed by atoms with Crippen molar-refractivity contribution in [3.8, 4) is 0 Å². The van der Waals surface area contributed by atoms with E-state index in [2.05, 4.69) is 0 Å².